The molecule has 1 aromatic carbocycles. The number of carbonyl (C=O) groups is 2. The molecule has 3 N–H and O–H groups in total. The summed E-state index contributed by atoms with van der Waals surface area (Å²) >= 11 is 0. The number of benzene rings is 1. The van der Waals surface area contributed by atoms with E-state index in [2.05, 4.69) is 10.6 Å². The normalized spacial score (nSPS) is 15.9. The monoisotopic (exact) mass is 276 g/mol. The first-order chi connectivity index (χ1) is 9.46. The third-order valence-corrected chi connectivity index (χ3v) is 4.01. The molecule has 5 heteroatoms. The average molecular weight is 276 g/mol. The van der Waals surface area contributed by atoms with Gasteiger partial charge < -0.3 is 15.7 Å². The van der Waals surface area contributed by atoms with Gasteiger partial charge in [-0.25, -0.2) is 0 Å². The van der Waals surface area contributed by atoms with E-state index in [4.69, 9.17) is 0 Å². The second-order valence-electron chi connectivity index (χ2n) is 5.45. The minimum Gasteiger partial charge on any atom is -0.481 e. The number of carbonyl (C=O) groups excluding carboxylic acids is 1. The standard InChI is InChI=1S/C15H20N2O3/c1-3-15(2,14(19)20)9-17-13(18)11-4-5-12-10(8-11)6-7-16-12/h4-5,8,16H,3,6-7,9H2,1-2H3,(H,17,18)(H,19,20). The van der Waals surface area contributed by atoms with Crippen molar-refractivity contribution in [2.75, 3.05) is 18.4 Å². The second kappa shape index (κ2) is 5.53. The van der Waals surface area contributed by atoms with Gasteiger partial charge in [0.25, 0.3) is 5.91 Å². The van der Waals surface area contributed by atoms with Gasteiger partial charge >= 0.3 is 5.97 Å². The van der Waals surface area contributed by atoms with Gasteiger partial charge in [-0.3, -0.25) is 9.59 Å². The Bertz CT molecular complexity index is 542. The summed E-state index contributed by atoms with van der Waals surface area (Å²) in [6, 6.07) is 5.53. The second-order valence-corrected chi connectivity index (χ2v) is 5.45. The van der Waals surface area contributed by atoms with Gasteiger partial charge in [0.2, 0.25) is 0 Å². The molecule has 108 valence electrons. The third kappa shape index (κ3) is 2.76. The maximum Gasteiger partial charge on any atom is 0.311 e. The zero-order chi connectivity index (χ0) is 14.8. The van der Waals surface area contributed by atoms with E-state index in [0.29, 0.717) is 12.0 Å². The van der Waals surface area contributed by atoms with Crippen LogP contribution in [-0.4, -0.2) is 30.1 Å². The first-order valence-corrected chi connectivity index (χ1v) is 6.84. The number of hydrogen-bond donors (Lipinski definition) is 3. The van der Waals surface area contributed by atoms with Crippen molar-refractivity contribution in [3.05, 3.63) is 29.3 Å². The molecular formula is C15H20N2O3. The largest absolute Gasteiger partial charge is 0.481 e. The lowest BCUT2D eigenvalue weighted by Crippen LogP contribution is -2.40. The number of carboxylic acid groups (broad SMARTS) is 1. The molecule has 1 heterocycles. The Morgan fingerprint density at radius 2 is 2.20 bits per heavy atom. The van der Waals surface area contributed by atoms with Crippen molar-refractivity contribution in [1.82, 2.24) is 5.32 Å². The summed E-state index contributed by atoms with van der Waals surface area (Å²) < 4.78 is 0. The van der Waals surface area contributed by atoms with Crippen molar-refractivity contribution >= 4 is 17.6 Å². The molecule has 0 bridgehead atoms. The summed E-state index contributed by atoms with van der Waals surface area (Å²) in [7, 11) is 0. The van der Waals surface area contributed by atoms with E-state index >= 15 is 0 Å². The lowest BCUT2D eigenvalue weighted by Gasteiger charge is -2.23. The fraction of sp³-hybridized carbons (Fsp3) is 0.467. The van der Waals surface area contributed by atoms with Crippen LogP contribution in [0, 0.1) is 5.41 Å². The summed E-state index contributed by atoms with van der Waals surface area (Å²) in [6.07, 6.45) is 1.38. The fourth-order valence-electron chi connectivity index (χ4n) is 2.18. The van der Waals surface area contributed by atoms with Gasteiger partial charge in [-0.2, -0.15) is 0 Å². The summed E-state index contributed by atoms with van der Waals surface area (Å²) in [5, 5.41) is 15.1. The molecule has 1 unspecified atom stereocenters. The number of amides is 1. The van der Waals surface area contributed by atoms with Gasteiger partial charge in [-0.1, -0.05) is 6.92 Å². The molecule has 0 saturated heterocycles. The molecule has 0 aromatic heterocycles. The number of aliphatic carboxylic acids is 1. The number of hydrogen-bond acceptors (Lipinski definition) is 3. The van der Waals surface area contributed by atoms with E-state index in [1.807, 2.05) is 12.1 Å². The molecule has 0 aliphatic carbocycles. The van der Waals surface area contributed by atoms with Crippen LogP contribution in [0.1, 0.15) is 36.2 Å². The van der Waals surface area contributed by atoms with Crippen molar-refractivity contribution in [2.24, 2.45) is 5.41 Å². The van der Waals surface area contributed by atoms with Crippen molar-refractivity contribution in [1.29, 1.82) is 0 Å². The molecule has 0 spiro atoms. The zero-order valence-electron chi connectivity index (χ0n) is 11.8. The number of rotatable bonds is 5. The minimum atomic E-state index is -0.923. The minimum absolute atomic E-state index is 0.132. The molecule has 2 rings (SSSR count). The summed E-state index contributed by atoms with van der Waals surface area (Å²) in [4.78, 5) is 23.3. The Balaban J connectivity index is 2.04. The van der Waals surface area contributed by atoms with Crippen molar-refractivity contribution in [3.63, 3.8) is 0 Å². The van der Waals surface area contributed by atoms with Crippen LogP contribution in [0.2, 0.25) is 0 Å². The van der Waals surface area contributed by atoms with Crippen LogP contribution >= 0.6 is 0 Å². The van der Waals surface area contributed by atoms with Crippen LogP contribution in [0.3, 0.4) is 0 Å². The Morgan fingerprint density at radius 1 is 1.45 bits per heavy atom. The molecule has 1 aromatic rings. The lowest BCUT2D eigenvalue weighted by molar-refractivity contribution is -0.147. The molecule has 0 fully saturated rings. The molecule has 0 saturated carbocycles. The Hall–Kier alpha value is -2.04. The molecule has 20 heavy (non-hydrogen) atoms. The van der Waals surface area contributed by atoms with Crippen LogP contribution in [-0.2, 0) is 11.2 Å². The predicted octanol–water partition coefficient (Wildman–Crippen LogP) is 1.89. The van der Waals surface area contributed by atoms with Crippen molar-refractivity contribution in [3.8, 4) is 0 Å². The topological polar surface area (TPSA) is 78.4 Å². The third-order valence-electron chi connectivity index (χ3n) is 4.01. The number of anilines is 1. The van der Waals surface area contributed by atoms with E-state index in [-0.39, 0.29) is 12.5 Å². The van der Waals surface area contributed by atoms with Gasteiger partial charge in [0.05, 0.1) is 5.41 Å². The van der Waals surface area contributed by atoms with Crippen LogP contribution in [0.4, 0.5) is 5.69 Å². The quantitative estimate of drug-likeness (QED) is 0.767. The van der Waals surface area contributed by atoms with Crippen molar-refractivity contribution < 1.29 is 14.7 Å². The van der Waals surface area contributed by atoms with E-state index in [0.717, 1.165) is 24.2 Å². The Labute approximate surface area is 118 Å². The maximum absolute atomic E-state index is 12.1. The highest BCUT2D eigenvalue weighted by molar-refractivity contribution is 5.95. The van der Waals surface area contributed by atoms with E-state index in [1.54, 1.807) is 19.9 Å². The van der Waals surface area contributed by atoms with Gasteiger partial charge in [0, 0.05) is 24.3 Å². The SMILES string of the molecule is CCC(C)(CNC(=O)c1ccc2c(c1)CCN2)C(=O)O. The number of fused-ring (bicyclic) bond motifs is 1. The van der Waals surface area contributed by atoms with Gasteiger partial charge in [-0.05, 0) is 43.5 Å². The maximum atomic E-state index is 12.1. The first-order valence-electron chi connectivity index (χ1n) is 6.84. The van der Waals surface area contributed by atoms with E-state index in [1.165, 1.54) is 0 Å². The van der Waals surface area contributed by atoms with Gasteiger partial charge in [-0.15, -0.1) is 0 Å². The average Bonchev–Trinajstić information content (AvgIpc) is 2.91. The smallest absolute Gasteiger partial charge is 0.311 e. The molecule has 1 atom stereocenters. The van der Waals surface area contributed by atoms with E-state index < -0.39 is 11.4 Å². The molecule has 1 amide bonds. The van der Waals surface area contributed by atoms with Crippen molar-refractivity contribution in [2.45, 2.75) is 26.7 Å². The predicted molar refractivity (Wildman–Crippen MR) is 77.0 cm³/mol. The molecule has 1 aliphatic heterocycles. The van der Waals surface area contributed by atoms with Crippen LogP contribution in [0.15, 0.2) is 18.2 Å². The summed E-state index contributed by atoms with van der Waals surface area (Å²) in [5.74, 6) is -1.11. The van der Waals surface area contributed by atoms with Crippen LogP contribution in [0.25, 0.3) is 0 Å². The highest BCUT2D eigenvalue weighted by Crippen LogP contribution is 2.23. The van der Waals surface area contributed by atoms with Gasteiger partial charge in [0.1, 0.15) is 0 Å². The molecule has 0 radical (unpaired) electrons. The number of nitrogens with one attached hydrogen (secondary N) is 2. The Kier molecular flexibility index (Phi) is 3.97. The lowest BCUT2D eigenvalue weighted by atomic mass is 9.87. The highest BCUT2D eigenvalue weighted by Gasteiger charge is 2.31. The van der Waals surface area contributed by atoms with Crippen LogP contribution < -0.4 is 10.6 Å². The summed E-state index contributed by atoms with van der Waals surface area (Å²) in [6.45, 7) is 4.48. The summed E-state index contributed by atoms with van der Waals surface area (Å²) in [5.41, 5.74) is 1.87. The zero-order valence-corrected chi connectivity index (χ0v) is 11.8. The van der Waals surface area contributed by atoms with E-state index in [9.17, 15) is 14.7 Å². The van der Waals surface area contributed by atoms with Gasteiger partial charge in [0.15, 0.2) is 0 Å². The highest BCUT2D eigenvalue weighted by atomic mass is 16.4. The fourth-order valence-corrected chi connectivity index (χ4v) is 2.18. The molecular weight excluding hydrogens is 256 g/mol. The Morgan fingerprint density at radius 3 is 2.85 bits per heavy atom. The first kappa shape index (κ1) is 14.4. The van der Waals surface area contributed by atoms with Crippen LogP contribution in [0.5, 0.6) is 0 Å². The number of carboxylic acids is 1. The molecule has 5 nitrogen and oxygen atoms in total. The molecule has 1 aliphatic rings.